The Kier molecular flexibility index (Phi) is 2.38. The Bertz CT molecular complexity index is 273. The van der Waals surface area contributed by atoms with E-state index in [9.17, 15) is 0 Å². The van der Waals surface area contributed by atoms with E-state index in [0.29, 0.717) is 5.92 Å². The summed E-state index contributed by atoms with van der Waals surface area (Å²) in [4.78, 5) is 4.32. The van der Waals surface area contributed by atoms with Gasteiger partial charge in [-0.15, -0.1) is 0 Å². The standard InChI is InChI=1S/C11H17NO/c1-3-4-10-7-12-11(13-10)9-5-8(2)6-9/h7-9H,3-6H2,1-2H3. The summed E-state index contributed by atoms with van der Waals surface area (Å²) in [7, 11) is 0. The molecule has 2 nitrogen and oxygen atoms in total. The van der Waals surface area contributed by atoms with Crippen LogP contribution in [0.3, 0.4) is 0 Å². The Hall–Kier alpha value is -0.790. The third-order valence-electron chi connectivity index (χ3n) is 2.79. The van der Waals surface area contributed by atoms with Gasteiger partial charge in [-0.1, -0.05) is 13.8 Å². The topological polar surface area (TPSA) is 26.0 Å². The molecular formula is C11H17NO. The highest BCUT2D eigenvalue weighted by molar-refractivity contribution is 5.03. The first-order valence-electron chi connectivity index (χ1n) is 5.24. The molecule has 13 heavy (non-hydrogen) atoms. The van der Waals surface area contributed by atoms with Gasteiger partial charge in [-0.2, -0.15) is 0 Å². The normalized spacial score (nSPS) is 27.2. The van der Waals surface area contributed by atoms with Gasteiger partial charge in [0.05, 0.1) is 6.20 Å². The fourth-order valence-corrected chi connectivity index (χ4v) is 1.98. The molecule has 0 radical (unpaired) electrons. The summed E-state index contributed by atoms with van der Waals surface area (Å²) >= 11 is 0. The predicted octanol–water partition coefficient (Wildman–Crippen LogP) is 3.14. The first-order chi connectivity index (χ1) is 6.29. The van der Waals surface area contributed by atoms with Gasteiger partial charge in [0.2, 0.25) is 0 Å². The van der Waals surface area contributed by atoms with Gasteiger partial charge in [-0.05, 0) is 25.2 Å². The van der Waals surface area contributed by atoms with E-state index in [1.807, 2.05) is 6.20 Å². The quantitative estimate of drug-likeness (QED) is 0.712. The highest BCUT2D eigenvalue weighted by Crippen LogP contribution is 2.40. The molecule has 0 bridgehead atoms. The number of aryl methyl sites for hydroxylation is 1. The molecule has 1 fully saturated rings. The highest BCUT2D eigenvalue weighted by atomic mass is 16.4. The molecule has 1 aliphatic carbocycles. The first-order valence-corrected chi connectivity index (χ1v) is 5.24. The van der Waals surface area contributed by atoms with E-state index in [2.05, 4.69) is 18.8 Å². The van der Waals surface area contributed by atoms with E-state index in [1.165, 1.54) is 12.8 Å². The van der Waals surface area contributed by atoms with Crippen LogP contribution in [0.1, 0.15) is 50.7 Å². The van der Waals surface area contributed by atoms with Crippen LogP contribution in [0, 0.1) is 5.92 Å². The molecule has 1 saturated carbocycles. The lowest BCUT2D eigenvalue weighted by molar-refractivity contribution is 0.242. The summed E-state index contributed by atoms with van der Waals surface area (Å²) in [5.41, 5.74) is 0. The molecule has 1 aromatic heterocycles. The van der Waals surface area contributed by atoms with Crippen molar-refractivity contribution in [1.29, 1.82) is 0 Å². The Labute approximate surface area is 79.4 Å². The van der Waals surface area contributed by atoms with Crippen molar-refractivity contribution in [1.82, 2.24) is 4.98 Å². The molecule has 0 spiro atoms. The zero-order valence-electron chi connectivity index (χ0n) is 8.42. The molecule has 1 aliphatic rings. The zero-order valence-corrected chi connectivity index (χ0v) is 8.42. The molecule has 0 atom stereocenters. The summed E-state index contributed by atoms with van der Waals surface area (Å²) in [6.07, 6.45) is 6.56. The van der Waals surface area contributed by atoms with Crippen molar-refractivity contribution in [2.45, 2.75) is 45.4 Å². The lowest BCUT2D eigenvalue weighted by atomic mass is 9.76. The molecule has 0 amide bonds. The number of aromatic nitrogens is 1. The lowest BCUT2D eigenvalue weighted by Gasteiger charge is -2.29. The van der Waals surface area contributed by atoms with E-state index in [-0.39, 0.29) is 0 Å². The highest BCUT2D eigenvalue weighted by Gasteiger charge is 2.30. The maximum absolute atomic E-state index is 5.67. The first kappa shape index (κ1) is 8.79. The SMILES string of the molecule is CCCc1cnc(C2CC(C)C2)o1. The van der Waals surface area contributed by atoms with E-state index in [4.69, 9.17) is 4.42 Å². The number of rotatable bonds is 3. The smallest absolute Gasteiger partial charge is 0.197 e. The van der Waals surface area contributed by atoms with Crippen molar-refractivity contribution in [3.63, 3.8) is 0 Å². The second kappa shape index (κ2) is 3.52. The largest absolute Gasteiger partial charge is 0.445 e. The fraction of sp³-hybridized carbons (Fsp3) is 0.727. The van der Waals surface area contributed by atoms with Crippen molar-refractivity contribution >= 4 is 0 Å². The molecule has 0 aliphatic heterocycles. The van der Waals surface area contributed by atoms with E-state index >= 15 is 0 Å². The molecule has 2 rings (SSSR count). The van der Waals surface area contributed by atoms with Gasteiger partial charge in [0.1, 0.15) is 5.76 Å². The summed E-state index contributed by atoms with van der Waals surface area (Å²) in [5.74, 6) is 3.51. The summed E-state index contributed by atoms with van der Waals surface area (Å²) in [6, 6.07) is 0. The lowest BCUT2D eigenvalue weighted by Crippen LogP contribution is -2.18. The zero-order chi connectivity index (χ0) is 9.26. The molecule has 72 valence electrons. The Morgan fingerprint density at radius 1 is 1.54 bits per heavy atom. The van der Waals surface area contributed by atoms with Crippen LogP contribution in [0.15, 0.2) is 10.6 Å². The van der Waals surface area contributed by atoms with Crippen molar-refractivity contribution in [3.05, 3.63) is 17.8 Å². The van der Waals surface area contributed by atoms with E-state index in [0.717, 1.165) is 30.4 Å². The second-order valence-corrected chi connectivity index (χ2v) is 4.19. The van der Waals surface area contributed by atoms with Crippen molar-refractivity contribution in [2.75, 3.05) is 0 Å². The van der Waals surface area contributed by atoms with Gasteiger partial charge in [0.15, 0.2) is 5.89 Å². The van der Waals surface area contributed by atoms with Crippen LogP contribution >= 0.6 is 0 Å². The van der Waals surface area contributed by atoms with Crippen LogP contribution in [-0.4, -0.2) is 4.98 Å². The fourth-order valence-electron chi connectivity index (χ4n) is 1.98. The summed E-state index contributed by atoms with van der Waals surface area (Å²) in [6.45, 7) is 4.44. The van der Waals surface area contributed by atoms with Crippen LogP contribution in [0.2, 0.25) is 0 Å². The molecule has 0 aromatic carbocycles. The number of nitrogens with zero attached hydrogens (tertiary/aromatic N) is 1. The van der Waals surface area contributed by atoms with Crippen molar-refractivity contribution < 1.29 is 4.42 Å². The third kappa shape index (κ3) is 1.77. The molecular weight excluding hydrogens is 162 g/mol. The minimum Gasteiger partial charge on any atom is -0.445 e. The van der Waals surface area contributed by atoms with Crippen LogP contribution in [0.5, 0.6) is 0 Å². The van der Waals surface area contributed by atoms with Crippen molar-refractivity contribution in [2.24, 2.45) is 5.92 Å². The summed E-state index contributed by atoms with van der Waals surface area (Å²) < 4.78 is 5.67. The second-order valence-electron chi connectivity index (χ2n) is 4.19. The van der Waals surface area contributed by atoms with Gasteiger partial charge in [0.25, 0.3) is 0 Å². The minimum atomic E-state index is 0.612. The maximum atomic E-state index is 5.67. The maximum Gasteiger partial charge on any atom is 0.197 e. The van der Waals surface area contributed by atoms with Crippen molar-refractivity contribution in [3.8, 4) is 0 Å². The van der Waals surface area contributed by atoms with Gasteiger partial charge in [0, 0.05) is 12.3 Å². The van der Waals surface area contributed by atoms with Crippen LogP contribution in [0.25, 0.3) is 0 Å². The van der Waals surface area contributed by atoms with E-state index < -0.39 is 0 Å². The van der Waals surface area contributed by atoms with E-state index in [1.54, 1.807) is 0 Å². The van der Waals surface area contributed by atoms with Gasteiger partial charge in [-0.25, -0.2) is 4.98 Å². The van der Waals surface area contributed by atoms with Crippen LogP contribution in [0.4, 0.5) is 0 Å². The van der Waals surface area contributed by atoms with Gasteiger partial charge < -0.3 is 4.42 Å². The minimum absolute atomic E-state index is 0.612. The number of hydrogen-bond donors (Lipinski definition) is 0. The predicted molar refractivity (Wildman–Crippen MR) is 51.6 cm³/mol. The Morgan fingerprint density at radius 3 is 2.92 bits per heavy atom. The molecule has 0 N–H and O–H groups in total. The molecule has 0 saturated heterocycles. The molecule has 1 heterocycles. The average molecular weight is 179 g/mol. The monoisotopic (exact) mass is 179 g/mol. The number of hydrogen-bond acceptors (Lipinski definition) is 2. The van der Waals surface area contributed by atoms with Crippen LogP contribution in [-0.2, 0) is 6.42 Å². The summed E-state index contributed by atoms with van der Waals surface area (Å²) in [5, 5.41) is 0. The molecule has 1 aromatic rings. The third-order valence-corrected chi connectivity index (χ3v) is 2.79. The molecule has 0 unspecified atom stereocenters. The molecule has 2 heteroatoms. The average Bonchev–Trinajstić information content (AvgIpc) is 2.48. The van der Waals surface area contributed by atoms with Gasteiger partial charge >= 0.3 is 0 Å². The van der Waals surface area contributed by atoms with Crippen LogP contribution < -0.4 is 0 Å². The number of oxazole rings is 1. The Morgan fingerprint density at radius 2 is 2.31 bits per heavy atom. The van der Waals surface area contributed by atoms with Gasteiger partial charge in [-0.3, -0.25) is 0 Å². The Balaban J connectivity index is 1.97.